The van der Waals surface area contributed by atoms with Gasteiger partial charge < -0.3 is 16.4 Å². The molecule has 0 aliphatic rings. The van der Waals surface area contributed by atoms with Crippen molar-refractivity contribution >= 4 is 17.6 Å². The lowest BCUT2D eigenvalue weighted by atomic mass is 10.1. The van der Waals surface area contributed by atoms with Gasteiger partial charge in [-0.3, -0.25) is 4.79 Å². The number of hydrogen-bond donors (Lipinski definition) is 3. The Morgan fingerprint density at radius 2 is 2.10 bits per heavy atom. The maximum atomic E-state index is 13.0. The van der Waals surface area contributed by atoms with Crippen molar-refractivity contribution in [2.24, 2.45) is 5.73 Å². The summed E-state index contributed by atoms with van der Waals surface area (Å²) >= 11 is 0. The van der Waals surface area contributed by atoms with E-state index in [0.29, 0.717) is 17.7 Å². The molecule has 1 aromatic carbocycles. The molecule has 1 rings (SSSR count). The SMILES string of the molecule is CCCCC(NC(=O)Nc1ccc(F)cc1C)C(N)=O. The summed E-state index contributed by atoms with van der Waals surface area (Å²) in [5, 5.41) is 5.10. The second-order valence-electron chi connectivity index (χ2n) is 4.65. The highest BCUT2D eigenvalue weighted by Gasteiger charge is 2.17. The summed E-state index contributed by atoms with van der Waals surface area (Å²) in [5.74, 6) is -0.934. The lowest BCUT2D eigenvalue weighted by Gasteiger charge is -2.16. The molecule has 1 aromatic rings. The number of carbonyl (C=O) groups excluding carboxylic acids is 2. The number of hydrogen-bond acceptors (Lipinski definition) is 2. The predicted octanol–water partition coefficient (Wildman–Crippen LogP) is 2.30. The minimum Gasteiger partial charge on any atom is -0.368 e. The molecule has 5 nitrogen and oxygen atoms in total. The van der Waals surface area contributed by atoms with Crippen LogP contribution in [0, 0.1) is 12.7 Å². The van der Waals surface area contributed by atoms with Crippen molar-refractivity contribution in [2.45, 2.75) is 39.2 Å². The second kappa shape index (κ2) is 7.47. The van der Waals surface area contributed by atoms with Gasteiger partial charge in [0.1, 0.15) is 11.9 Å². The molecule has 1 atom stereocenters. The van der Waals surface area contributed by atoms with Crippen molar-refractivity contribution in [3.05, 3.63) is 29.6 Å². The van der Waals surface area contributed by atoms with Crippen molar-refractivity contribution in [3.63, 3.8) is 0 Å². The van der Waals surface area contributed by atoms with E-state index in [2.05, 4.69) is 10.6 Å². The first-order chi connectivity index (χ1) is 9.43. The van der Waals surface area contributed by atoms with Gasteiger partial charge in [-0.15, -0.1) is 0 Å². The zero-order valence-electron chi connectivity index (χ0n) is 11.7. The summed E-state index contributed by atoms with van der Waals surface area (Å²) in [6, 6.07) is 2.81. The number of amides is 3. The van der Waals surface area contributed by atoms with Crippen LogP contribution in [0.3, 0.4) is 0 Å². The van der Waals surface area contributed by atoms with Crippen LogP contribution in [0.15, 0.2) is 18.2 Å². The molecular formula is C14H20FN3O2. The van der Waals surface area contributed by atoms with Crippen LogP contribution in [0.25, 0.3) is 0 Å². The first-order valence-corrected chi connectivity index (χ1v) is 6.57. The molecule has 0 heterocycles. The Hall–Kier alpha value is -2.11. The zero-order valence-corrected chi connectivity index (χ0v) is 11.7. The minimum atomic E-state index is -0.698. The molecule has 0 aliphatic carbocycles. The smallest absolute Gasteiger partial charge is 0.319 e. The number of nitrogens with two attached hydrogens (primary N) is 1. The number of nitrogens with one attached hydrogen (secondary N) is 2. The van der Waals surface area contributed by atoms with E-state index in [-0.39, 0.29) is 5.82 Å². The van der Waals surface area contributed by atoms with E-state index in [1.54, 1.807) is 6.92 Å². The molecule has 0 fully saturated rings. The molecule has 20 heavy (non-hydrogen) atoms. The minimum absolute atomic E-state index is 0.369. The van der Waals surface area contributed by atoms with Crippen LogP contribution in [0.5, 0.6) is 0 Å². The van der Waals surface area contributed by atoms with E-state index >= 15 is 0 Å². The Balaban J connectivity index is 2.63. The molecule has 4 N–H and O–H groups in total. The van der Waals surface area contributed by atoms with Gasteiger partial charge in [0.2, 0.25) is 5.91 Å². The summed E-state index contributed by atoms with van der Waals surface area (Å²) < 4.78 is 13.0. The molecule has 0 saturated carbocycles. The third-order valence-corrected chi connectivity index (χ3v) is 2.93. The Morgan fingerprint density at radius 1 is 1.40 bits per heavy atom. The number of halogens is 1. The largest absolute Gasteiger partial charge is 0.368 e. The molecule has 0 spiro atoms. The number of anilines is 1. The third kappa shape index (κ3) is 4.87. The van der Waals surface area contributed by atoms with Crippen molar-refractivity contribution in [1.82, 2.24) is 5.32 Å². The number of benzene rings is 1. The Bertz CT molecular complexity index is 491. The topological polar surface area (TPSA) is 84.2 Å². The van der Waals surface area contributed by atoms with Crippen LogP contribution in [0.2, 0.25) is 0 Å². The normalized spacial score (nSPS) is 11.8. The fourth-order valence-corrected chi connectivity index (χ4v) is 1.78. The zero-order chi connectivity index (χ0) is 15.1. The molecule has 0 aliphatic heterocycles. The quantitative estimate of drug-likeness (QED) is 0.747. The number of rotatable bonds is 6. The number of carbonyl (C=O) groups is 2. The first-order valence-electron chi connectivity index (χ1n) is 6.57. The van der Waals surface area contributed by atoms with Gasteiger partial charge in [0, 0.05) is 5.69 Å². The number of primary amides is 1. The summed E-state index contributed by atoms with van der Waals surface area (Å²) in [6.45, 7) is 3.67. The fraction of sp³-hybridized carbons (Fsp3) is 0.429. The first kappa shape index (κ1) is 15.9. The molecule has 0 saturated heterocycles. The predicted molar refractivity (Wildman–Crippen MR) is 75.8 cm³/mol. The average Bonchev–Trinajstić information content (AvgIpc) is 2.37. The lowest BCUT2D eigenvalue weighted by Crippen LogP contribution is -2.46. The van der Waals surface area contributed by atoms with Crippen LogP contribution in [0.4, 0.5) is 14.9 Å². The summed E-state index contributed by atoms with van der Waals surface area (Å²) in [5.41, 5.74) is 6.33. The Labute approximate surface area is 117 Å². The Morgan fingerprint density at radius 3 is 2.65 bits per heavy atom. The van der Waals surface area contributed by atoms with Crippen LogP contribution < -0.4 is 16.4 Å². The fourth-order valence-electron chi connectivity index (χ4n) is 1.78. The summed E-state index contributed by atoms with van der Waals surface area (Å²) in [7, 11) is 0. The van der Waals surface area contributed by atoms with Crippen LogP contribution in [0.1, 0.15) is 31.7 Å². The molecule has 0 bridgehead atoms. The van der Waals surface area contributed by atoms with Gasteiger partial charge in [0.25, 0.3) is 0 Å². The number of aryl methyl sites for hydroxylation is 1. The van der Waals surface area contributed by atoms with Gasteiger partial charge in [0.05, 0.1) is 0 Å². The van der Waals surface area contributed by atoms with Crippen molar-refractivity contribution in [3.8, 4) is 0 Å². The molecule has 0 radical (unpaired) electrons. The lowest BCUT2D eigenvalue weighted by molar-refractivity contribution is -0.119. The molecule has 110 valence electrons. The highest BCUT2D eigenvalue weighted by Crippen LogP contribution is 2.15. The monoisotopic (exact) mass is 281 g/mol. The number of urea groups is 1. The number of unbranched alkanes of at least 4 members (excludes halogenated alkanes) is 1. The van der Waals surface area contributed by atoms with E-state index in [1.807, 2.05) is 6.92 Å². The van der Waals surface area contributed by atoms with Gasteiger partial charge in [0.15, 0.2) is 0 Å². The van der Waals surface area contributed by atoms with Crippen molar-refractivity contribution in [1.29, 1.82) is 0 Å². The molecule has 1 unspecified atom stereocenters. The van der Waals surface area contributed by atoms with Crippen molar-refractivity contribution < 1.29 is 14.0 Å². The van der Waals surface area contributed by atoms with Gasteiger partial charge in [-0.25, -0.2) is 9.18 Å². The molecule has 6 heteroatoms. The molecule has 0 aromatic heterocycles. The van der Waals surface area contributed by atoms with E-state index in [1.165, 1.54) is 18.2 Å². The highest BCUT2D eigenvalue weighted by atomic mass is 19.1. The van der Waals surface area contributed by atoms with E-state index in [0.717, 1.165) is 12.8 Å². The van der Waals surface area contributed by atoms with Gasteiger partial charge in [-0.1, -0.05) is 19.8 Å². The van der Waals surface area contributed by atoms with E-state index in [4.69, 9.17) is 5.73 Å². The van der Waals surface area contributed by atoms with Gasteiger partial charge in [-0.05, 0) is 37.1 Å². The van der Waals surface area contributed by atoms with Crippen molar-refractivity contribution in [2.75, 3.05) is 5.32 Å². The van der Waals surface area contributed by atoms with Crippen LogP contribution in [-0.4, -0.2) is 18.0 Å². The van der Waals surface area contributed by atoms with Crippen LogP contribution >= 0.6 is 0 Å². The van der Waals surface area contributed by atoms with E-state index in [9.17, 15) is 14.0 Å². The highest BCUT2D eigenvalue weighted by molar-refractivity contribution is 5.93. The maximum Gasteiger partial charge on any atom is 0.319 e. The third-order valence-electron chi connectivity index (χ3n) is 2.93. The van der Waals surface area contributed by atoms with Gasteiger partial charge >= 0.3 is 6.03 Å². The molecule has 3 amide bonds. The Kier molecular flexibility index (Phi) is 5.96. The maximum absolute atomic E-state index is 13.0. The second-order valence-corrected chi connectivity index (χ2v) is 4.65. The van der Waals surface area contributed by atoms with Crippen LogP contribution in [-0.2, 0) is 4.79 Å². The summed E-state index contributed by atoms with van der Waals surface area (Å²) in [6.07, 6.45) is 2.20. The van der Waals surface area contributed by atoms with E-state index < -0.39 is 18.0 Å². The standard InChI is InChI=1S/C14H20FN3O2/c1-3-4-5-12(13(16)19)18-14(20)17-11-7-6-10(15)8-9(11)2/h6-8,12H,3-5H2,1-2H3,(H2,16,19)(H2,17,18,20). The van der Waals surface area contributed by atoms with Gasteiger partial charge in [-0.2, -0.15) is 0 Å². The molecular weight excluding hydrogens is 261 g/mol. The average molecular weight is 281 g/mol. The summed E-state index contributed by atoms with van der Waals surface area (Å²) in [4.78, 5) is 23.0.